The van der Waals surface area contributed by atoms with E-state index in [9.17, 15) is 12.8 Å². The summed E-state index contributed by atoms with van der Waals surface area (Å²) < 4.78 is 47.7. The molecule has 0 aliphatic carbocycles. The van der Waals surface area contributed by atoms with Crippen LogP contribution in [0.3, 0.4) is 0 Å². The zero-order valence-corrected chi connectivity index (χ0v) is 12.8. The van der Waals surface area contributed by atoms with E-state index < -0.39 is 20.8 Å². The van der Waals surface area contributed by atoms with Crippen LogP contribution < -0.4 is 8.92 Å². The van der Waals surface area contributed by atoms with Gasteiger partial charge in [0.1, 0.15) is 10.7 Å². The SMILES string of the molecule is COc1cc(C)ccc1OS(=O)(=O)c1cc(F)ccc1Cl. The normalized spacial score (nSPS) is 11.2. The smallest absolute Gasteiger partial charge is 0.340 e. The molecule has 0 aliphatic heterocycles. The summed E-state index contributed by atoms with van der Waals surface area (Å²) in [5.41, 5.74) is 0.875. The molecule has 7 heteroatoms. The minimum absolute atomic E-state index is 0.00317. The summed E-state index contributed by atoms with van der Waals surface area (Å²) in [5.74, 6) is -0.466. The second-order valence-electron chi connectivity index (χ2n) is 4.27. The molecule has 0 radical (unpaired) electrons. The van der Waals surface area contributed by atoms with E-state index in [1.165, 1.54) is 13.2 Å². The lowest BCUT2D eigenvalue weighted by atomic mass is 10.2. The lowest BCUT2D eigenvalue weighted by Crippen LogP contribution is -2.11. The first-order chi connectivity index (χ1) is 9.83. The first-order valence-corrected chi connectivity index (χ1v) is 7.66. The molecule has 0 heterocycles. The van der Waals surface area contributed by atoms with Gasteiger partial charge in [0.15, 0.2) is 11.5 Å². The molecule has 2 aromatic rings. The maximum Gasteiger partial charge on any atom is 0.340 e. The molecule has 2 rings (SSSR count). The van der Waals surface area contributed by atoms with Crippen molar-refractivity contribution in [3.05, 3.63) is 52.8 Å². The van der Waals surface area contributed by atoms with Crippen molar-refractivity contribution < 1.29 is 21.7 Å². The van der Waals surface area contributed by atoms with Gasteiger partial charge in [0, 0.05) is 0 Å². The van der Waals surface area contributed by atoms with Crippen LogP contribution in [0.1, 0.15) is 5.56 Å². The Morgan fingerprint density at radius 2 is 1.81 bits per heavy atom. The summed E-state index contributed by atoms with van der Waals surface area (Å²) in [6, 6.07) is 7.77. The summed E-state index contributed by atoms with van der Waals surface area (Å²) >= 11 is 5.79. The summed E-state index contributed by atoms with van der Waals surface area (Å²) in [4.78, 5) is -0.438. The number of hydrogen-bond donors (Lipinski definition) is 0. The average Bonchev–Trinajstić information content (AvgIpc) is 2.43. The Bertz CT molecular complexity index is 775. The topological polar surface area (TPSA) is 52.6 Å². The van der Waals surface area contributed by atoms with Crippen molar-refractivity contribution in [1.82, 2.24) is 0 Å². The monoisotopic (exact) mass is 330 g/mol. The van der Waals surface area contributed by atoms with Crippen molar-refractivity contribution in [1.29, 1.82) is 0 Å². The first-order valence-electron chi connectivity index (χ1n) is 5.87. The van der Waals surface area contributed by atoms with Crippen molar-refractivity contribution in [3.63, 3.8) is 0 Å². The maximum atomic E-state index is 13.2. The molecule has 21 heavy (non-hydrogen) atoms. The third kappa shape index (κ3) is 3.46. The Kier molecular flexibility index (Phi) is 4.39. The van der Waals surface area contributed by atoms with Crippen molar-refractivity contribution in [3.8, 4) is 11.5 Å². The largest absolute Gasteiger partial charge is 0.493 e. The highest BCUT2D eigenvalue weighted by molar-refractivity contribution is 7.87. The Morgan fingerprint density at radius 1 is 1.10 bits per heavy atom. The van der Waals surface area contributed by atoms with Gasteiger partial charge in [-0.25, -0.2) is 4.39 Å². The Balaban J connectivity index is 2.45. The Hall–Kier alpha value is -1.79. The summed E-state index contributed by atoms with van der Waals surface area (Å²) in [7, 11) is -2.87. The van der Waals surface area contributed by atoms with Crippen LogP contribution in [0.15, 0.2) is 41.3 Å². The fourth-order valence-corrected chi connectivity index (χ4v) is 3.10. The van der Waals surface area contributed by atoms with E-state index >= 15 is 0 Å². The fraction of sp³-hybridized carbons (Fsp3) is 0.143. The predicted octanol–water partition coefficient (Wildman–Crippen LogP) is 3.56. The second-order valence-corrected chi connectivity index (χ2v) is 6.19. The standard InChI is InChI=1S/C14H12ClFO4S/c1-9-3-6-12(13(7-9)19-2)20-21(17,18)14-8-10(16)4-5-11(14)15/h3-8H,1-2H3. The van der Waals surface area contributed by atoms with Crippen molar-refractivity contribution >= 4 is 21.7 Å². The van der Waals surface area contributed by atoms with Crippen LogP contribution in [0.4, 0.5) is 4.39 Å². The van der Waals surface area contributed by atoms with Gasteiger partial charge in [-0.3, -0.25) is 0 Å². The molecule has 0 aromatic heterocycles. The minimum Gasteiger partial charge on any atom is -0.493 e. The molecule has 0 fully saturated rings. The molecule has 0 atom stereocenters. The Morgan fingerprint density at radius 3 is 2.48 bits per heavy atom. The molecule has 0 N–H and O–H groups in total. The van der Waals surface area contributed by atoms with Gasteiger partial charge in [-0.1, -0.05) is 17.7 Å². The number of ether oxygens (including phenoxy) is 1. The zero-order valence-electron chi connectivity index (χ0n) is 11.3. The molecule has 0 saturated heterocycles. The van der Waals surface area contributed by atoms with Crippen LogP contribution in [0.2, 0.25) is 5.02 Å². The molecular formula is C14H12ClFO4S. The third-order valence-corrected chi connectivity index (χ3v) is 4.40. The molecule has 0 aliphatic rings. The number of hydrogen-bond acceptors (Lipinski definition) is 4. The van der Waals surface area contributed by atoms with Gasteiger partial charge in [0.25, 0.3) is 0 Å². The molecule has 112 valence electrons. The zero-order chi connectivity index (χ0) is 15.6. The third-order valence-electron chi connectivity index (χ3n) is 2.68. The summed E-state index contributed by atoms with van der Waals surface area (Å²) in [5, 5.41) is -0.123. The molecule has 0 amide bonds. The number of halogens is 2. The van der Waals surface area contributed by atoms with E-state index in [1.807, 2.05) is 6.92 Å². The van der Waals surface area contributed by atoms with Crippen molar-refractivity contribution in [2.24, 2.45) is 0 Å². The lowest BCUT2D eigenvalue weighted by molar-refractivity contribution is 0.390. The van der Waals surface area contributed by atoms with Gasteiger partial charge in [0.05, 0.1) is 12.1 Å². The highest BCUT2D eigenvalue weighted by atomic mass is 35.5. The van der Waals surface area contributed by atoms with E-state index in [4.69, 9.17) is 20.5 Å². The highest BCUT2D eigenvalue weighted by Gasteiger charge is 2.23. The van der Waals surface area contributed by atoms with Gasteiger partial charge >= 0.3 is 10.1 Å². The molecular weight excluding hydrogens is 319 g/mol. The molecule has 0 saturated carbocycles. The first kappa shape index (κ1) is 15.6. The van der Waals surface area contributed by atoms with Gasteiger partial charge in [-0.05, 0) is 42.8 Å². The second kappa shape index (κ2) is 5.91. The van der Waals surface area contributed by atoms with Crippen LogP contribution in [-0.4, -0.2) is 15.5 Å². The minimum atomic E-state index is -4.26. The molecule has 0 unspecified atom stereocenters. The average molecular weight is 331 g/mol. The fourth-order valence-electron chi connectivity index (χ4n) is 1.68. The quantitative estimate of drug-likeness (QED) is 0.804. The van der Waals surface area contributed by atoms with Crippen LogP contribution in [0, 0.1) is 12.7 Å². The van der Waals surface area contributed by atoms with Gasteiger partial charge in [0.2, 0.25) is 0 Å². The molecule has 4 nitrogen and oxygen atoms in total. The van der Waals surface area contributed by atoms with E-state index in [2.05, 4.69) is 0 Å². The number of benzene rings is 2. The number of rotatable bonds is 4. The van der Waals surface area contributed by atoms with E-state index in [-0.39, 0.29) is 16.5 Å². The van der Waals surface area contributed by atoms with Crippen LogP contribution in [0.5, 0.6) is 11.5 Å². The van der Waals surface area contributed by atoms with Crippen LogP contribution >= 0.6 is 11.6 Å². The molecule has 0 bridgehead atoms. The van der Waals surface area contributed by atoms with E-state index in [0.717, 1.165) is 23.8 Å². The van der Waals surface area contributed by atoms with Crippen molar-refractivity contribution in [2.45, 2.75) is 11.8 Å². The summed E-state index contributed by atoms with van der Waals surface area (Å²) in [6.07, 6.45) is 0. The number of methoxy groups -OCH3 is 1. The maximum absolute atomic E-state index is 13.2. The summed E-state index contributed by atoms with van der Waals surface area (Å²) in [6.45, 7) is 1.82. The Labute approximate surface area is 127 Å². The highest BCUT2D eigenvalue weighted by Crippen LogP contribution is 2.32. The predicted molar refractivity (Wildman–Crippen MR) is 77.0 cm³/mol. The lowest BCUT2D eigenvalue weighted by Gasteiger charge is -2.12. The van der Waals surface area contributed by atoms with Gasteiger partial charge in [-0.15, -0.1) is 0 Å². The van der Waals surface area contributed by atoms with E-state index in [1.54, 1.807) is 12.1 Å². The number of aryl methyl sites for hydroxylation is 1. The van der Waals surface area contributed by atoms with Crippen molar-refractivity contribution in [2.75, 3.05) is 7.11 Å². The van der Waals surface area contributed by atoms with Gasteiger partial charge in [-0.2, -0.15) is 8.42 Å². The molecule has 0 spiro atoms. The van der Waals surface area contributed by atoms with Crippen LogP contribution in [0.25, 0.3) is 0 Å². The van der Waals surface area contributed by atoms with E-state index in [0.29, 0.717) is 0 Å². The van der Waals surface area contributed by atoms with Gasteiger partial charge < -0.3 is 8.92 Å². The van der Waals surface area contributed by atoms with Crippen LogP contribution in [-0.2, 0) is 10.1 Å². The molecule has 2 aromatic carbocycles.